The Morgan fingerprint density at radius 3 is 2.53 bits per heavy atom. The van der Waals surface area contributed by atoms with Gasteiger partial charge in [0, 0.05) is 5.69 Å². The zero-order valence-electron chi connectivity index (χ0n) is 10.3. The molecule has 1 aliphatic carbocycles. The molecule has 0 spiro atoms. The molecule has 0 bridgehead atoms. The van der Waals surface area contributed by atoms with Crippen LogP contribution >= 0.6 is 0 Å². The molecule has 1 heterocycles. The summed E-state index contributed by atoms with van der Waals surface area (Å²) in [5.74, 6) is 1.19. The molecule has 1 aromatic heterocycles. The van der Waals surface area contributed by atoms with E-state index in [4.69, 9.17) is 5.10 Å². The van der Waals surface area contributed by atoms with Crippen LogP contribution in [0.1, 0.15) is 76.2 Å². The topological polar surface area (TPSA) is 17.8 Å². The minimum Gasteiger partial charge on any atom is -0.266 e. The van der Waals surface area contributed by atoms with Gasteiger partial charge in [-0.15, -0.1) is 0 Å². The summed E-state index contributed by atoms with van der Waals surface area (Å²) in [7, 11) is 0. The largest absolute Gasteiger partial charge is 0.266 e. The van der Waals surface area contributed by atoms with Gasteiger partial charge in [0.1, 0.15) is 0 Å². The summed E-state index contributed by atoms with van der Waals surface area (Å²) >= 11 is 0. The van der Waals surface area contributed by atoms with Crippen molar-refractivity contribution in [2.75, 3.05) is 0 Å². The Morgan fingerprint density at radius 1 is 1.40 bits per heavy atom. The highest BCUT2D eigenvalue weighted by Crippen LogP contribution is 2.38. The van der Waals surface area contributed by atoms with Gasteiger partial charge in [-0.1, -0.05) is 27.7 Å². The molecule has 1 atom stereocenters. The Labute approximate surface area is 92.7 Å². The van der Waals surface area contributed by atoms with Gasteiger partial charge in [0.15, 0.2) is 0 Å². The molecule has 1 aromatic rings. The van der Waals surface area contributed by atoms with Crippen LogP contribution in [0.25, 0.3) is 0 Å². The van der Waals surface area contributed by atoms with E-state index in [-0.39, 0.29) is 0 Å². The second kappa shape index (κ2) is 3.99. The second-order valence-electron chi connectivity index (χ2n) is 5.13. The fraction of sp³-hybridized carbons (Fsp3) is 0.769. The van der Waals surface area contributed by atoms with E-state index >= 15 is 0 Å². The zero-order valence-corrected chi connectivity index (χ0v) is 10.3. The van der Waals surface area contributed by atoms with Crippen molar-refractivity contribution in [3.63, 3.8) is 0 Å². The van der Waals surface area contributed by atoms with Crippen LogP contribution in [0.3, 0.4) is 0 Å². The number of hydrogen-bond acceptors (Lipinski definition) is 1. The Bertz CT molecular complexity index is 315. The summed E-state index contributed by atoms with van der Waals surface area (Å²) in [6.07, 6.45) is 3.82. The molecule has 1 saturated carbocycles. The van der Waals surface area contributed by atoms with E-state index in [2.05, 4.69) is 38.4 Å². The van der Waals surface area contributed by atoms with Gasteiger partial charge < -0.3 is 0 Å². The van der Waals surface area contributed by atoms with E-state index in [1.54, 1.807) is 0 Å². The van der Waals surface area contributed by atoms with Gasteiger partial charge in [-0.3, -0.25) is 4.68 Å². The Hall–Kier alpha value is -0.790. The first-order valence-corrected chi connectivity index (χ1v) is 6.22. The standard InChI is InChI=1S/C13H22N2/c1-5-10(4)12-8-13(9(2)3)15(14-12)11-6-7-11/h8-11H,5-7H2,1-4H3. The summed E-state index contributed by atoms with van der Waals surface area (Å²) in [5.41, 5.74) is 2.71. The summed E-state index contributed by atoms with van der Waals surface area (Å²) in [6.45, 7) is 9.02. The predicted octanol–water partition coefficient (Wildman–Crippen LogP) is 3.85. The van der Waals surface area contributed by atoms with Crippen LogP contribution in [0.5, 0.6) is 0 Å². The highest BCUT2D eigenvalue weighted by Gasteiger charge is 2.28. The molecule has 1 unspecified atom stereocenters. The Balaban J connectivity index is 2.31. The molecule has 2 rings (SSSR count). The van der Waals surface area contributed by atoms with Crippen LogP contribution in [0, 0.1) is 0 Å². The number of hydrogen-bond donors (Lipinski definition) is 0. The molecule has 84 valence electrons. The second-order valence-corrected chi connectivity index (χ2v) is 5.13. The smallest absolute Gasteiger partial charge is 0.0655 e. The lowest BCUT2D eigenvalue weighted by molar-refractivity contribution is 0.567. The van der Waals surface area contributed by atoms with Crippen LogP contribution in [0.4, 0.5) is 0 Å². The van der Waals surface area contributed by atoms with Crippen molar-refractivity contribution >= 4 is 0 Å². The van der Waals surface area contributed by atoms with Gasteiger partial charge in [0.05, 0.1) is 11.7 Å². The van der Waals surface area contributed by atoms with Crippen LogP contribution in [-0.4, -0.2) is 9.78 Å². The predicted molar refractivity (Wildman–Crippen MR) is 63.3 cm³/mol. The molecular weight excluding hydrogens is 184 g/mol. The SMILES string of the molecule is CCC(C)c1cc(C(C)C)n(C2CC2)n1. The first kappa shape index (κ1) is 10.7. The summed E-state index contributed by atoms with van der Waals surface area (Å²) in [5, 5.41) is 4.78. The van der Waals surface area contributed by atoms with E-state index in [0.717, 1.165) is 0 Å². The maximum Gasteiger partial charge on any atom is 0.0655 e. The van der Waals surface area contributed by atoms with Crippen molar-refractivity contribution in [3.05, 3.63) is 17.5 Å². The molecule has 0 amide bonds. The molecule has 0 saturated heterocycles. The lowest BCUT2D eigenvalue weighted by Crippen LogP contribution is -2.04. The van der Waals surface area contributed by atoms with Gasteiger partial charge >= 0.3 is 0 Å². The van der Waals surface area contributed by atoms with E-state index in [0.29, 0.717) is 17.9 Å². The average Bonchev–Trinajstić information content (AvgIpc) is 2.96. The van der Waals surface area contributed by atoms with Crippen molar-refractivity contribution in [1.82, 2.24) is 9.78 Å². The van der Waals surface area contributed by atoms with Gasteiger partial charge in [0.2, 0.25) is 0 Å². The molecule has 0 aromatic carbocycles. The van der Waals surface area contributed by atoms with Gasteiger partial charge in [-0.05, 0) is 37.2 Å². The summed E-state index contributed by atoms with van der Waals surface area (Å²) in [6, 6.07) is 3.03. The third kappa shape index (κ3) is 2.09. The molecule has 1 fully saturated rings. The molecule has 0 radical (unpaired) electrons. The molecule has 0 aliphatic heterocycles. The van der Waals surface area contributed by atoms with E-state index < -0.39 is 0 Å². The summed E-state index contributed by atoms with van der Waals surface area (Å²) < 4.78 is 2.28. The third-order valence-electron chi connectivity index (χ3n) is 3.39. The highest BCUT2D eigenvalue weighted by molar-refractivity contribution is 5.18. The van der Waals surface area contributed by atoms with Crippen LogP contribution < -0.4 is 0 Å². The quantitative estimate of drug-likeness (QED) is 0.731. The lowest BCUT2D eigenvalue weighted by atomic mass is 10.0. The maximum atomic E-state index is 4.78. The maximum absolute atomic E-state index is 4.78. The molecule has 0 N–H and O–H groups in total. The molecule has 15 heavy (non-hydrogen) atoms. The van der Waals surface area contributed by atoms with E-state index in [9.17, 15) is 0 Å². The van der Waals surface area contributed by atoms with Gasteiger partial charge in [0.25, 0.3) is 0 Å². The molecule has 2 heteroatoms. The Kier molecular flexibility index (Phi) is 2.85. The first-order valence-electron chi connectivity index (χ1n) is 6.22. The molecular formula is C13H22N2. The number of aromatic nitrogens is 2. The van der Waals surface area contributed by atoms with Crippen LogP contribution in [-0.2, 0) is 0 Å². The highest BCUT2D eigenvalue weighted by atomic mass is 15.3. The van der Waals surface area contributed by atoms with Gasteiger partial charge in [-0.25, -0.2) is 0 Å². The van der Waals surface area contributed by atoms with E-state index in [1.165, 1.54) is 30.7 Å². The minimum atomic E-state index is 0.593. The molecule has 2 nitrogen and oxygen atoms in total. The van der Waals surface area contributed by atoms with Crippen LogP contribution in [0.2, 0.25) is 0 Å². The monoisotopic (exact) mass is 206 g/mol. The number of nitrogens with zero attached hydrogens (tertiary/aromatic N) is 2. The average molecular weight is 206 g/mol. The van der Waals surface area contributed by atoms with Crippen molar-refractivity contribution in [2.24, 2.45) is 0 Å². The van der Waals surface area contributed by atoms with Crippen molar-refractivity contribution < 1.29 is 0 Å². The lowest BCUT2D eigenvalue weighted by Gasteiger charge is -2.07. The zero-order chi connectivity index (χ0) is 11.0. The van der Waals surface area contributed by atoms with Crippen LogP contribution in [0.15, 0.2) is 6.07 Å². The molecule has 1 aliphatic rings. The number of rotatable bonds is 4. The van der Waals surface area contributed by atoms with Crippen molar-refractivity contribution in [1.29, 1.82) is 0 Å². The first-order chi connectivity index (χ1) is 7.13. The Morgan fingerprint density at radius 2 is 2.07 bits per heavy atom. The fourth-order valence-corrected chi connectivity index (χ4v) is 1.92. The normalized spacial score (nSPS) is 18.5. The van der Waals surface area contributed by atoms with Gasteiger partial charge in [-0.2, -0.15) is 5.10 Å². The minimum absolute atomic E-state index is 0.593. The van der Waals surface area contributed by atoms with Crippen molar-refractivity contribution in [3.8, 4) is 0 Å². The van der Waals surface area contributed by atoms with Crippen molar-refractivity contribution in [2.45, 2.75) is 64.8 Å². The summed E-state index contributed by atoms with van der Waals surface area (Å²) in [4.78, 5) is 0. The fourth-order valence-electron chi connectivity index (χ4n) is 1.92. The third-order valence-corrected chi connectivity index (χ3v) is 3.39. The van der Waals surface area contributed by atoms with E-state index in [1.807, 2.05) is 0 Å².